The van der Waals surface area contributed by atoms with Crippen LogP contribution in [-0.4, -0.2) is 64.1 Å². The van der Waals surface area contributed by atoms with Crippen LogP contribution in [0.25, 0.3) is 17.2 Å². The first kappa shape index (κ1) is 19.2. The van der Waals surface area contributed by atoms with E-state index in [1.165, 1.54) is 6.08 Å². The van der Waals surface area contributed by atoms with Crippen molar-refractivity contribution < 1.29 is 14.3 Å². The van der Waals surface area contributed by atoms with E-state index in [4.69, 9.17) is 15.7 Å². The van der Waals surface area contributed by atoms with Crippen LogP contribution in [0.1, 0.15) is 19.4 Å². The first-order valence-electron chi connectivity index (χ1n) is 8.85. The Kier molecular flexibility index (Phi) is 5.44. The van der Waals surface area contributed by atoms with Gasteiger partial charge in [0.25, 0.3) is 5.91 Å². The second-order valence-corrected chi connectivity index (χ2v) is 6.61. The molecule has 0 aromatic carbocycles. The number of nitrogens with one attached hydrogen (secondary N) is 1. The van der Waals surface area contributed by atoms with Crippen LogP contribution < -0.4 is 10.6 Å². The maximum absolute atomic E-state index is 12.0. The number of anilines is 1. The van der Waals surface area contributed by atoms with Crippen LogP contribution >= 0.6 is 0 Å². The number of piperazine rings is 1. The number of aromatic amines is 1. The van der Waals surface area contributed by atoms with Crippen molar-refractivity contribution in [2.75, 3.05) is 31.1 Å². The van der Waals surface area contributed by atoms with Crippen LogP contribution in [0.4, 0.5) is 10.6 Å². The second kappa shape index (κ2) is 7.96. The van der Waals surface area contributed by atoms with Crippen molar-refractivity contribution in [2.24, 2.45) is 5.73 Å². The van der Waals surface area contributed by atoms with Gasteiger partial charge in [-0.2, -0.15) is 5.26 Å². The molecular formula is C18H21N7O3. The number of rotatable bonds is 4. The molecule has 2 aromatic rings. The molecule has 3 heterocycles. The predicted octanol–water partition coefficient (Wildman–Crippen LogP) is 1.02. The number of carbonyl (C=O) groups excluding carboxylic acids is 2. The lowest BCUT2D eigenvalue weighted by Gasteiger charge is -2.34. The quantitative estimate of drug-likeness (QED) is 0.593. The summed E-state index contributed by atoms with van der Waals surface area (Å²) in [5, 5.41) is 9.03. The van der Waals surface area contributed by atoms with Gasteiger partial charge in [-0.1, -0.05) is 0 Å². The van der Waals surface area contributed by atoms with Crippen molar-refractivity contribution in [3.05, 3.63) is 23.5 Å². The van der Waals surface area contributed by atoms with Gasteiger partial charge in [-0.05, 0) is 19.9 Å². The van der Waals surface area contributed by atoms with Crippen LogP contribution in [0, 0.1) is 11.3 Å². The topological polar surface area (TPSA) is 141 Å². The summed E-state index contributed by atoms with van der Waals surface area (Å²) in [6.45, 7) is 5.86. The summed E-state index contributed by atoms with van der Waals surface area (Å²) in [6.07, 6.45) is 4.18. The number of fused-ring (bicyclic) bond motifs is 1. The normalized spacial score (nSPS) is 15.0. The highest BCUT2D eigenvalue weighted by Crippen LogP contribution is 2.21. The average Bonchev–Trinajstić information content (AvgIpc) is 3.07. The maximum atomic E-state index is 12.0. The Hall–Kier alpha value is -3.61. The van der Waals surface area contributed by atoms with Crippen molar-refractivity contribution in [1.29, 1.82) is 5.26 Å². The zero-order valence-corrected chi connectivity index (χ0v) is 15.7. The van der Waals surface area contributed by atoms with Gasteiger partial charge in [0.2, 0.25) is 0 Å². The van der Waals surface area contributed by atoms with E-state index >= 15 is 0 Å². The lowest BCUT2D eigenvalue weighted by molar-refractivity contribution is -0.114. The van der Waals surface area contributed by atoms with E-state index in [0.29, 0.717) is 48.7 Å². The van der Waals surface area contributed by atoms with E-state index in [9.17, 15) is 9.59 Å². The van der Waals surface area contributed by atoms with Gasteiger partial charge >= 0.3 is 6.09 Å². The van der Waals surface area contributed by atoms with Gasteiger partial charge in [0.15, 0.2) is 5.65 Å². The molecule has 146 valence electrons. The first-order chi connectivity index (χ1) is 13.4. The first-order valence-corrected chi connectivity index (χ1v) is 8.85. The van der Waals surface area contributed by atoms with Crippen LogP contribution in [0.15, 0.2) is 18.0 Å². The van der Waals surface area contributed by atoms with Gasteiger partial charge in [0.1, 0.15) is 23.0 Å². The zero-order valence-electron chi connectivity index (χ0n) is 15.7. The molecule has 0 aliphatic carbocycles. The lowest BCUT2D eigenvalue weighted by atomic mass is 10.2. The van der Waals surface area contributed by atoms with Crippen molar-refractivity contribution >= 4 is 35.1 Å². The molecule has 10 nitrogen and oxygen atoms in total. The summed E-state index contributed by atoms with van der Waals surface area (Å²) in [6, 6.07) is 1.78. The lowest BCUT2D eigenvalue weighted by Crippen LogP contribution is -2.49. The number of primary amides is 1. The number of hydrogen-bond donors (Lipinski definition) is 2. The van der Waals surface area contributed by atoms with E-state index in [1.54, 1.807) is 23.4 Å². The minimum atomic E-state index is -0.801. The molecule has 1 aliphatic rings. The Morgan fingerprint density at radius 3 is 2.68 bits per heavy atom. The SMILES string of the molecule is CC(C)OC(=O)N1CCN(c2cnc3[nH]cc(/C=C(\C#N)C(N)=O)c3n2)CC1. The molecule has 0 bridgehead atoms. The predicted molar refractivity (Wildman–Crippen MR) is 102 cm³/mol. The van der Waals surface area contributed by atoms with E-state index in [-0.39, 0.29) is 17.8 Å². The Labute approximate surface area is 161 Å². The average molecular weight is 383 g/mol. The zero-order chi connectivity index (χ0) is 20.3. The van der Waals surface area contributed by atoms with E-state index in [0.717, 1.165) is 0 Å². The number of ether oxygens (including phenoxy) is 1. The maximum Gasteiger partial charge on any atom is 0.410 e. The van der Waals surface area contributed by atoms with Gasteiger partial charge in [0, 0.05) is 37.9 Å². The third kappa shape index (κ3) is 4.03. The van der Waals surface area contributed by atoms with Crippen molar-refractivity contribution in [1.82, 2.24) is 19.9 Å². The summed E-state index contributed by atoms with van der Waals surface area (Å²) in [5.41, 5.74) is 6.66. The van der Waals surface area contributed by atoms with Crippen LogP contribution in [0.3, 0.4) is 0 Å². The Bertz CT molecular complexity index is 965. The number of aromatic nitrogens is 3. The summed E-state index contributed by atoms with van der Waals surface area (Å²) in [5.74, 6) is -0.151. The van der Waals surface area contributed by atoms with Gasteiger partial charge in [0.05, 0.1) is 12.3 Å². The van der Waals surface area contributed by atoms with E-state index in [2.05, 4.69) is 15.0 Å². The monoisotopic (exact) mass is 383 g/mol. The Balaban J connectivity index is 1.78. The minimum absolute atomic E-state index is 0.155. The number of carbonyl (C=O) groups is 2. The molecule has 0 radical (unpaired) electrons. The molecule has 1 fully saturated rings. The van der Waals surface area contributed by atoms with Crippen LogP contribution in [0.5, 0.6) is 0 Å². The van der Waals surface area contributed by atoms with Crippen molar-refractivity contribution in [3.8, 4) is 6.07 Å². The smallest absolute Gasteiger partial charge is 0.410 e. The summed E-state index contributed by atoms with van der Waals surface area (Å²) in [7, 11) is 0. The highest BCUT2D eigenvalue weighted by Gasteiger charge is 2.24. The molecule has 0 spiro atoms. The van der Waals surface area contributed by atoms with Crippen LogP contribution in [-0.2, 0) is 9.53 Å². The summed E-state index contributed by atoms with van der Waals surface area (Å²) in [4.78, 5) is 38.9. The molecule has 10 heteroatoms. The molecule has 2 aromatic heterocycles. The molecule has 0 unspecified atom stereocenters. The molecule has 1 aliphatic heterocycles. The number of hydrogen-bond acceptors (Lipinski definition) is 7. The number of H-pyrrole nitrogens is 1. The second-order valence-electron chi connectivity index (χ2n) is 6.61. The highest BCUT2D eigenvalue weighted by molar-refractivity contribution is 6.02. The van der Waals surface area contributed by atoms with E-state index in [1.807, 2.05) is 18.7 Å². The van der Waals surface area contributed by atoms with Crippen LogP contribution in [0.2, 0.25) is 0 Å². The number of nitrogens with two attached hydrogens (primary N) is 1. The molecule has 3 N–H and O–H groups in total. The summed E-state index contributed by atoms with van der Waals surface area (Å²) >= 11 is 0. The van der Waals surface area contributed by atoms with Gasteiger partial charge in [-0.15, -0.1) is 0 Å². The fourth-order valence-electron chi connectivity index (χ4n) is 2.87. The van der Waals surface area contributed by atoms with E-state index < -0.39 is 5.91 Å². The highest BCUT2D eigenvalue weighted by atomic mass is 16.6. The van der Waals surface area contributed by atoms with Crippen molar-refractivity contribution in [3.63, 3.8) is 0 Å². The molecule has 28 heavy (non-hydrogen) atoms. The fraction of sp³-hybridized carbons (Fsp3) is 0.389. The van der Waals surface area contributed by atoms with Gasteiger partial charge in [-0.3, -0.25) is 4.79 Å². The summed E-state index contributed by atoms with van der Waals surface area (Å²) < 4.78 is 5.23. The molecular weight excluding hydrogens is 362 g/mol. The molecule has 0 atom stereocenters. The Morgan fingerprint density at radius 2 is 2.07 bits per heavy atom. The Morgan fingerprint density at radius 1 is 1.36 bits per heavy atom. The third-order valence-electron chi connectivity index (χ3n) is 4.28. The van der Waals surface area contributed by atoms with Crippen molar-refractivity contribution in [2.45, 2.75) is 20.0 Å². The van der Waals surface area contributed by atoms with Gasteiger partial charge in [-0.25, -0.2) is 14.8 Å². The minimum Gasteiger partial charge on any atom is -0.447 e. The molecule has 1 saturated heterocycles. The molecule has 2 amide bonds. The third-order valence-corrected chi connectivity index (χ3v) is 4.28. The van der Waals surface area contributed by atoms with Gasteiger partial charge < -0.3 is 25.3 Å². The standard InChI is InChI=1S/C18H21N7O3/c1-11(2)28-18(27)25-5-3-24(4-6-25)14-10-22-17-15(23-14)13(9-21-17)7-12(8-19)16(20)26/h7,9-11H,3-6H2,1-2H3,(H2,20,26)(H,21,22)/b12-7+. The molecule has 3 rings (SSSR count). The fourth-order valence-corrected chi connectivity index (χ4v) is 2.87. The number of nitriles is 1. The largest absolute Gasteiger partial charge is 0.447 e. The number of nitrogens with zero attached hydrogens (tertiary/aromatic N) is 5. The molecule has 0 saturated carbocycles. The number of amides is 2.